The number of nitrogens with zero attached hydrogens (tertiary/aromatic N) is 2. The van der Waals surface area contributed by atoms with Crippen LogP contribution >= 0.6 is 0 Å². The fraction of sp³-hybridized carbons (Fsp3) is 0.417. The maximum atomic E-state index is 13.7. The molecule has 2 rings (SSSR count). The third kappa shape index (κ3) is 3.54. The van der Waals surface area contributed by atoms with Gasteiger partial charge in [-0.2, -0.15) is 0 Å². The Kier molecular flexibility index (Phi) is 4.21. The summed E-state index contributed by atoms with van der Waals surface area (Å²) in [4.78, 5) is 23.4. The molecule has 1 fully saturated rings. The van der Waals surface area contributed by atoms with Gasteiger partial charge in [0.1, 0.15) is 5.82 Å². The highest BCUT2D eigenvalue weighted by molar-refractivity contribution is 7.91. The van der Waals surface area contributed by atoms with Crippen LogP contribution in [0.4, 0.5) is 10.1 Å². The number of hydrogen-bond acceptors (Lipinski definition) is 5. The van der Waals surface area contributed by atoms with E-state index in [9.17, 15) is 27.7 Å². The van der Waals surface area contributed by atoms with E-state index in [1.54, 1.807) is 0 Å². The number of nitro groups is 1. The van der Waals surface area contributed by atoms with E-state index in [4.69, 9.17) is 0 Å². The van der Waals surface area contributed by atoms with E-state index >= 15 is 0 Å². The van der Waals surface area contributed by atoms with E-state index in [2.05, 4.69) is 0 Å². The first-order valence-electron chi connectivity index (χ1n) is 6.24. The molecule has 7 nitrogen and oxygen atoms in total. The zero-order valence-electron chi connectivity index (χ0n) is 11.0. The minimum absolute atomic E-state index is 0.0196. The van der Waals surface area contributed by atoms with Gasteiger partial charge in [0.05, 0.1) is 22.0 Å². The molecule has 0 saturated carbocycles. The molecule has 1 heterocycles. The summed E-state index contributed by atoms with van der Waals surface area (Å²) >= 11 is 0. The lowest BCUT2D eigenvalue weighted by molar-refractivity contribution is -0.384. The smallest absolute Gasteiger partial charge is 0.270 e. The zero-order chi connectivity index (χ0) is 15.6. The van der Waals surface area contributed by atoms with Crippen molar-refractivity contribution in [2.75, 3.05) is 24.6 Å². The summed E-state index contributed by atoms with van der Waals surface area (Å²) in [6.07, 6.45) is 0.268. The molecule has 0 aromatic heterocycles. The van der Waals surface area contributed by atoms with Gasteiger partial charge in [0.2, 0.25) is 0 Å². The van der Waals surface area contributed by atoms with Gasteiger partial charge >= 0.3 is 0 Å². The molecule has 1 saturated heterocycles. The maximum Gasteiger partial charge on any atom is 0.270 e. The van der Waals surface area contributed by atoms with Gasteiger partial charge in [0, 0.05) is 25.2 Å². The minimum Gasteiger partial charge on any atom is -0.338 e. The molecule has 0 radical (unpaired) electrons. The molecule has 0 spiro atoms. The van der Waals surface area contributed by atoms with E-state index in [0.29, 0.717) is 0 Å². The number of non-ortho nitro benzene ring substituents is 1. The van der Waals surface area contributed by atoms with Crippen LogP contribution in [0.1, 0.15) is 16.8 Å². The molecule has 0 aliphatic carbocycles. The van der Waals surface area contributed by atoms with Gasteiger partial charge < -0.3 is 4.90 Å². The van der Waals surface area contributed by atoms with Crippen molar-refractivity contribution in [3.05, 3.63) is 39.7 Å². The molecule has 21 heavy (non-hydrogen) atoms. The summed E-state index contributed by atoms with van der Waals surface area (Å²) in [5.74, 6) is -1.80. The number of amides is 1. The van der Waals surface area contributed by atoms with Gasteiger partial charge in [0.15, 0.2) is 9.84 Å². The third-order valence-electron chi connectivity index (χ3n) is 3.23. The topological polar surface area (TPSA) is 97.6 Å². The molecule has 1 amide bonds. The van der Waals surface area contributed by atoms with Crippen molar-refractivity contribution >= 4 is 21.4 Å². The standard InChI is InChI=1S/C12H13FN2O5S/c13-11-3-2-9(15(17)18)8-10(11)12(16)14-4-1-6-21(19,20)7-5-14/h2-3,8H,1,4-7H2. The molecule has 1 aliphatic rings. The SMILES string of the molecule is O=C(c1cc([N+](=O)[O-])ccc1F)N1CCCS(=O)(=O)CC1. The zero-order valence-corrected chi connectivity index (χ0v) is 11.8. The van der Waals surface area contributed by atoms with Crippen LogP contribution in [0.3, 0.4) is 0 Å². The summed E-state index contributed by atoms with van der Waals surface area (Å²) in [5.41, 5.74) is -0.800. The molecule has 114 valence electrons. The van der Waals surface area contributed by atoms with E-state index in [1.807, 2.05) is 0 Å². The maximum absolute atomic E-state index is 13.7. The number of carbonyl (C=O) groups is 1. The molecular weight excluding hydrogens is 303 g/mol. The normalized spacial score (nSPS) is 18.0. The Balaban J connectivity index is 2.27. The van der Waals surface area contributed by atoms with E-state index < -0.39 is 32.0 Å². The predicted octanol–water partition coefficient (Wildman–Crippen LogP) is 0.995. The fourth-order valence-electron chi connectivity index (χ4n) is 2.10. The van der Waals surface area contributed by atoms with Gasteiger partial charge in [-0.1, -0.05) is 0 Å². The van der Waals surface area contributed by atoms with Crippen LogP contribution in [0.15, 0.2) is 18.2 Å². The minimum atomic E-state index is -3.20. The first-order valence-corrected chi connectivity index (χ1v) is 8.06. The second-order valence-electron chi connectivity index (χ2n) is 4.72. The molecule has 1 aliphatic heterocycles. The molecule has 1 aromatic carbocycles. The van der Waals surface area contributed by atoms with Crippen molar-refractivity contribution in [2.45, 2.75) is 6.42 Å². The van der Waals surface area contributed by atoms with Crippen LogP contribution in [0.5, 0.6) is 0 Å². The average molecular weight is 316 g/mol. The molecular formula is C12H13FN2O5S. The van der Waals surface area contributed by atoms with E-state index in [-0.39, 0.29) is 36.7 Å². The highest BCUT2D eigenvalue weighted by atomic mass is 32.2. The summed E-state index contributed by atoms with van der Waals surface area (Å²) < 4.78 is 36.7. The summed E-state index contributed by atoms with van der Waals surface area (Å²) in [6.45, 7) is 0.142. The molecule has 0 N–H and O–H groups in total. The van der Waals surface area contributed by atoms with E-state index in [1.165, 1.54) is 4.90 Å². The van der Waals surface area contributed by atoms with Crippen LogP contribution in [-0.2, 0) is 9.84 Å². The van der Waals surface area contributed by atoms with Gasteiger partial charge in [-0.15, -0.1) is 0 Å². The Morgan fingerprint density at radius 3 is 2.67 bits per heavy atom. The largest absolute Gasteiger partial charge is 0.338 e. The van der Waals surface area contributed by atoms with Crippen molar-refractivity contribution in [1.82, 2.24) is 4.90 Å². The second kappa shape index (κ2) is 5.76. The van der Waals surface area contributed by atoms with Crippen LogP contribution < -0.4 is 0 Å². The Labute approximate surface area is 120 Å². The Bertz CT molecular complexity index is 689. The second-order valence-corrected chi connectivity index (χ2v) is 7.02. The van der Waals surface area contributed by atoms with Crippen LogP contribution in [0.2, 0.25) is 0 Å². The number of carbonyl (C=O) groups excluding carboxylic acids is 1. The monoisotopic (exact) mass is 316 g/mol. The predicted molar refractivity (Wildman–Crippen MR) is 72.2 cm³/mol. The van der Waals surface area contributed by atoms with Crippen molar-refractivity contribution in [1.29, 1.82) is 0 Å². The lowest BCUT2D eigenvalue weighted by atomic mass is 10.1. The molecule has 0 unspecified atom stereocenters. The van der Waals surface area contributed by atoms with Gasteiger partial charge in [-0.05, 0) is 12.5 Å². The van der Waals surface area contributed by atoms with Gasteiger partial charge in [-0.25, -0.2) is 12.8 Å². The summed E-state index contributed by atoms with van der Waals surface area (Å²) in [6, 6.07) is 2.70. The Morgan fingerprint density at radius 1 is 1.29 bits per heavy atom. The van der Waals surface area contributed by atoms with Crippen molar-refractivity contribution < 1.29 is 22.5 Å². The third-order valence-corrected chi connectivity index (χ3v) is 4.95. The average Bonchev–Trinajstić information content (AvgIpc) is 2.59. The van der Waals surface area contributed by atoms with Gasteiger partial charge in [-0.3, -0.25) is 14.9 Å². The number of sulfone groups is 1. The molecule has 0 bridgehead atoms. The van der Waals surface area contributed by atoms with Crippen molar-refractivity contribution in [2.24, 2.45) is 0 Å². The number of nitro benzene ring substituents is 1. The fourth-order valence-corrected chi connectivity index (χ4v) is 3.37. The van der Waals surface area contributed by atoms with Crippen LogP contribution in [0, 0.1) is 15.9 Å². The quantitative estimate of drug-likeness (QED) is 0.599. The summed E-state index contributed by atoms with van der Waals surface area (Å²) in [5, 5.41) is 10.7. The Hall–Kier alpha value is -2.03. The highest BCUT2D eigenvalue weighted by Gasteiger charge is 2.26. The molecule has 0 atom stereocenters. The lowest BCUT2D eigenvalue weighted by Gasteiger charge is -2.19. The van der Waals surface area contributed by atoms with Crippen molar-refractivity contribution in [3.63, 3.8) is 0 Å². The van der Waals surface area contributed by atoms with Crippen LogP contribution in [0.25, 0.3) is 0 Å². The summed E-state index contributed by atoms with van der Waals surface area (Å²) in [7, 11) is -3.20. The molecule has 1 aromatic rings. The lowest BCUT2D eigenvalue weighted by Crippen LogP contribution is -2.34. The highest BCUT2D eigenvalue weighted by Crippen LogP contribution is 2.19. The first kappa shape index (κ1) is 15.4. The van der Waals surface area contributed by atoms with E-state index in [0.717, 1.165) is 18.2 Å². The number of benzene rings is 1. The van der Waals surface area contributed by atoms with Gasteiger partial charge in [0.25, 0.3) is 11.6 Å². The first-order chi connectivity index (χ1) is 9.80. The van der Waals surface area contributed by atoms with Crippen molar-refractivity contribution in [3.8, 4) is 0 Å². The number of halogens is 1. The van der Waals surface area contributed by atoms with Crippen LogP contribution in [-0.4, -0.2) is 48.7 Å². The number of rotatable bonds is 2. The number of hydrogen-bond donors (Lipinski definition) is 0. The Morgan fingerprint density at radius 2 is 2.00 bits per heavy atom. The molecule has 9 heteroatoms.